The highest BCUT2D eigenvalue weighted by atomic mass is 16.5. The Balaban J connectivity index is 0.00000166. The van der Waals surface area contributed by atoms with E-state index in [9.17, 15) is 9.90 Å². The number of nitrogens with zero attached hydrogens (tertiary/aromatic N) is 1. The van der Waals surface area contributed by atoms with Crippen LogP contribution in [0.3, 0.4) is 0 Å². The van der Waals surface area contributed by atoms with Crippen LogP contribution in [0.5, 0.6) is 0 Å². The molecule has 1 amide bonds. The second-order valence-corrected chi connectivity index (χ2v) is 7.06. The number of anilines is 1. The molecule has 5 N–H and O–H groups in total. The molecule has 7 heteroatoms. The molecule has 1 aromatic heterocycles. The van der Waals surface area contributed by atoms with Crippen molar-refractivity contribution in [3.8, 4) is 0 Å². The number of benzene rings is 1. The third-order valence-corrected chi connectivity index (χ3v) is 5.11. The van der Waals surface area contributed by atoms with Crippen molar-refractivity contribution in [3.05, 3.63) is 66.1 Å². The van der Waals surface area contributed by atoms with Crippen molar-refractivity contribution >= 4 is 34.3 Å². The number of carbonyl (C=O) groups is 1. The van der Waals surface area contributed by atoms with Gasteiger partial charge in [0.25, 0.3) is 0 Å². The van der Waals surface area contributed by atoms with Crippen molar-refractivity contribution in [2.75, 3.05) is 19.5 Å². The number of amides is 1. The number of nitrogens with one attached hydrogen (secondary N) is 2. The molecule has 0 aliphatic heterocycles. The lowest BCUT2D eigenvalue weighted by Crippen LogP contribution is -2.38. The van der Waals surface area contributed by atoms with Gasteiger partial charge in [0.05, 0.1) is 31.2 Å². The van der Waals surface area contributed by atoms with Crippen LogP contribution in [0, 0.1) is 5.41 Å². The predicted octanol–water partition coefficient (Wildman–Crippen LogP) is 3.15. The smallest absolute Gasteiger partial charge is 0.217 e. The molecule has 0 saturated carbocycles. The molecule has 0 spiro atoms. The summed E-state index contributed by atoms with van der Waals surface area (Å²) >= 11 is 0. The van der Waals surface area contributed by atoms with Gasteiger partial charge in [0.1, 0.15) is 0 Å². The van der Waals surface area contributed by atoms with E-state index in [-0.39, 0.29) is 18.6 Å². The van der Waals surface area contributed by atoms with E-state index in [1.807, 2.05) is 6.07 Å². The van der Waals surface area contributed by atoms with Gasteiger partial charge in [-0.1, -0.05) is 12.2 Å². The number of hydrogen-bond donors (Lipinski definition) is 4. The molecule has 0 radical (unpaired) electrons. The number of fused-ring (bicyclic) bond motifs is 3. The Kier molecular flexibility index (Phi) is 8.52. The highest BCUT2D eigenvalue weighted by molar-refractivity contribution is 6.05. The monoisotopic (exact) mass is 422 g/mol. The van der Waals surface area contributed by atoms with Crippen molar-refractivity contribution < 1.29 is 14.6 Å². The zero-order valence-electron chi connectivity index (χ0n) is 18.1. The quantitative estimate of drug-likeness (QED) is 0.187. The van der Waals surface area contributed by atoms with Gasteiger partial charge < -0.3 is 26.3 Å². The predicted molar refractivity (Wildman–Crippen MR) is 126 cm³/mol. The van der Waals surface area contributed by atoms with Crippen LogP contribution >= 0.6 is 0 Å². The lowest BCUT2D eigenvalue weighted by atomic mass is 9.82. The van der Waals surface area contributed by atoms with Crippen molar-refractivity contribution in [1.29, 1.82) is 5.41 Å². The first-order valence-corrected chi connectivity index (χ1v) is 10.0. The summed E-state index contributed by atoms with van der Waals surface area (Å²) in [6.45, 7) is 7.42. The standard InChI is InChI=1S/C22H26N4O3.C2H4/c1-13(28)25-15-5-6-16-17(10-15)22(14(12-29-2)4-3-9-27)26-20-8-7-19(24)18(11-23)21(16)20;1-2/h3-4,7-8,11-12,15,23,27H,5-6,9-10,24H2,1-2H3,(H,25,28);1-2H2/b4-3-,14-12+,23-11?;. The van der Waals surface area contributed by atoms with Gasteiger partial charge in [0.2, 0.25) is 5.91 Å². The highest BCUT2D eigenvalue weighted by Gasteiger charge is 2.27. The molecule has 2 aromatic rings. The van der Waals surface area contributed by atoms with E-state index in [1.165, 1.54) is 13.1 Å². The number of aromatic nitrogens is 1. The number of rotatable bonds is 6. The summed E-state index contributed by atoms with van der Waals surface area (Å²) in [5, 5.41) is 21.0. The molecule has 1 aliphatic carbocycles. The van der Waals surface area contributed by atoms with Crippen molar-refractivity contribution in [2.24, 2.45) is 0 Å². The normalized spacial score (nSPS) is 15.7. The zero-order chi connectivity index (χ0) is 23.0. The SMILES string of the molecule is C=C.CO/C=C(\C=C/CO)c1nc2ccc(N)c(C=N)c2c2c1CC(NC(C)=O)CC2. The average Bonchev–Trinajstić information content (AvgIpc) is 2.77. The molecule has 1 aliphatic rings. The molecule has 0 fully saturated rings. The van der Waals surface area contributed by atoms with Gasteiger partial charge >= 0.3 is 0 Å². The Hall–Kier alpha value is -3.45. The Labute approximate surface area is 182 Å². The summed E-state index contributed by atoms with van der Waals surface area (Å²) in [7, 11) is 1.56. The summed E-state index contributed by atoms with van der Waals surface area (Å²) in [6, 6.07) is 3.63. The molecule has 3 rings (SSSR count). The molecular formula is C24H30N4O3. The number of nitrogens with two attached hydrogens (primary N) is 1. The molecule has 1 unspecified atom stereocenters. The summed E-state index contributed by atoms with van der Waals surface area (Å²) in [4.78, 5) is 16.5. The highest BCUT2D eigenvalue weighted by Crippen LogP contribution is 2.36. The maximum Gasteiger partial charge on any atom is 0.217 e. The number of aliphatic hydroxyl groups excluding tert-OH is 1. The summed E-state index contributed by atoms with van der Waals surface area (Å²) in [5.74, 6) is -0.0639. The minimum atomic E-state index is -0.0974. The fraction of sp³-hybridized carbons (Fsp3) is 0.292. The number of methoxy groups -OCH3 is 1. The number of carbonyl (C=O) groups excluding carboxylic acids is 1. The molecule has 164 valence electrons. The molecule has 0 saturated heterocycles. The van der Waals surface area contributed by atoms with Crippen LogP contribution in [-0.4, -0.2) is 42.0 Å². The largest absolute Gasteiger partial charge is 0.504 e. The molecule has 7 nitrogen and oxygen atoms in total. The van der Waals surface area contributed by atoms with Crippen LogP contribution in [0.4, 0.5) is 5.69 Å². The van der Waals surface area contributed by atoms with E-state index in [0.29, 0.717) is 17.7 Å². The van der Waals surface area contributed by atoms with Crippen LogP contribution < -0.4 is 11.1 Å². The minimum Gasteiger partial charge on any atom is -0.504 e. The van der Waals surface area contributed by atoms with Crippen LogP contribution in [0.2, 0.25) is 0 Å². The minimum absolute atomic E-state index is 0.00751. The molecular weight excluding hydrogens is 392 g/mol. The van der Waals surface area contributed by atoms with Gasteiger partial charge in [-0.15, -0.1) is 13.2 Å². The van der Waals surface area contributed by atoms with E-state index in [1.54, 1.807) is 31.6 Å². The lowest BCUT2D eigenvalue weighted by Gasteiger charge is -2.29. The number of allylic oxidation sites excluding steroid dienone is 2. The summed E-state index contributed by atoms with van der Waals surface area (Å²) < 4.78 is 5.25. The van der Waals surface area contributed by atoms with Crippen LogP contribution in [0.15, 0.2) is 43.7 Å². The van der Waals surface area contributed by atoms with E-state index in [4.69, 9.17) is 20.9 Å². The van der Waals surface area contributed by atoms with Gasteiger partial charge in [-0.2, -0.15) is 0 Å². The number of aryl methyl sites for hydroxylation is 1. The second kappa shape index (κ2) is 11.1. The van der Waals surface area contributed by atoms with Crippen molar-refractivity contribution in [3.63, 3.8) is 0 Å². The first kappa shape index (κ1) is 23.8. The van der Waals surface area contributed by atoms with Gasteiger partial charge in [0.15, 0.2) is 0 Å². The zero-order valence-corrected chi connectivity index (χ0v) is 18.1. The average molecular weight is 423 g/mol. The van der Waals surface area contributed by atoms with E-state index in [2.05, 4.69) is 18.5 Å². The molecule has 1 atom stereocenters. The fourth-order valence-corrected chi connectivity index (χ4v) is 3.96. The van der Waals surface area contributed by atoms with Gasteiger partial charge in [-0.25, -0.2) is 4.98 Å². The Morgan fingerprint density at radius 1 is 1.42 bits per heavy atom. The second-order valence-electron chi connectivity index (χ2n) is 7.06. The topological polar surface area (TPSA) is 121 Å². The molecule has 0 bridgehead atoms. The van der Waals surface area contributed by atoms with Gasteiger partial charge in [0, 0.05) is 41.4 Å². The van der Waals surface area contributed by atoms with Crippen LogP contribution in [-0.2, 0) is 22.4 Å². The van der Waals surface area contributed by atoms with Crippen molar-refractivity contribution in [1.82, 2.24) is 10.3 Å². The summed E-state index contributed by atoms with van der Waals surface area (Å²) in [5.41, 5.74) is 11.7. The summed E-state index contributed by atoms with van der Waals surface area (Å²) in [6.07, 6.45) is 8.42. The van der Waals surface area contributed by atoms with E-state index < -0.39 is 0 Å². The van der Waals surface area contributed by atoms with E-state index in [0.717, 1.165) is 46.1 Å². The third-order valence-electron chi connectivity index (χ3n) is 5.11. The fourth-order valence-electron chi connectivity index (χ4n) is 3.96. The van der Waals surface area contributed by atoms with Crippen LogP contribution in [0.1, 0.15) is 35.7 Å². The Bertz CT molecular complexity index is 1030. The number of hydrogen-bond acceptors (Lipinski definition) is 6. The Morgan fingerprint density at radius 2 is 2.16 bits per heavy atom. The maximum atomic E-state index is 11.6. The molecule has 1 aromatic carbocycles. The Morgan fingerprint density at radius 3 is 2.77 bits per heavy atom. The maximum absolute atomic E-state index is 11.6. The first-order valence-electron chi connectivity index (χ1n) is 10.0. The first-order chi connectivity index (χ1) is 15.0. The number of ether oxygens (including phenoxy) is 1. The number of pyridine rings is 1. The van der Waals surface area contributed by atoms with E-state index >= 15 is 0 Å². The van der Waals surface area contributed by atoms with Gasteiger partial charge in [-0.05, 0) is 42.5 Å². The number of nitrogen functional groups attached to an aromatic ring is 1. The van der Waals surface area contributed by atoms with Crippen molar-refractivity contribution in [2.45, 2.75) is 32.2 Å². The molecule has 1 heterocycles. The van der Waals surface area contributed by atoms with Gasteiger partial charge in [-0.3, -0.25) is 4.79 Å². The number of aliphatic hydroxyl groups is 1. The lowest BCUT2D eigenvalue weighted by molar-refractivity contribution is -0.119. The molecule has 31 heavy (non-hydrogen) atoms. The van der Waals surface area contributed by atoms with Crippen LogP contribution in [0.25, 0.3) is 16.5 Å². The third kappa shape index (κ3) is 5.19.